The second-order valence-electron chi connectivity index (χ2n) is 4.56. The van der Waals surface area contributed by atoms with Crippen LogP contribution in [0.4, 0.5) is 10.6 Å². The molecule has 7 nitrogen and oxygen atoms in total. The third-order valence-electron chi connectivity index (χ3n) is 3.12. The highest BCUT2D eigenvalue weighted by molar-refractivity contribution is 5.88. The van der Waals surface area contributed by atoms with Crippen molar-refractivity contribution >= 4 is 17.8 Å². The lowest BCUT2D eigenvalue weighted by molar-refractivity contribution is -0.127. The number of amides is 3. The lowest BCUT2D eigenvalue weighted by Gasteiger charge is -2.15. The number of urea groups is 1. The Labute approximate surface area is 111 Å². The summed E-state index contributed by atoms with van der Waals surface area (Å²) in [6.07, 6.45) is 4.00. The van der Waals surface area contributed by atoms with Gasteiger partial charge in [0.2, 0.25) is 5.91 Å². The number of anilines is 1. The average Bonchev–Trinajstić information content (AvgIpc) is 2.95. The van der Waals surface area contributed by atoms with Crippen LogP contribution >= 0.6 is 0 Å². The quantitative estimate of drug-likeness (QED) is 0.763. The topological polar surface area (TPSA) is 79.3 Å². The lowest BCUT2D eigenvalue weighted by atomic mass is 10.4. The predicted molar refractivity (Wildman–Crippen MR) is 70.7 cm³/mol. The Kier molecular flexibility index (Phi) is 4.38. The van der Waals surface area contributed by atoms with E-state index in [9.17, 15) is 9.59 Å². The van der Waals surface area contributed by atoms with Gasteiger partial charge in [-0.05, 0) is 12.8 Å². The maximum Gasteiger partial charge on any atom is 0.320 e. The van der Waals surface area contributed by atoms with Crippen LogP contribution in [0.25, 0.3) is 0 Å². The third kappa shape index (κ3) is 3.70. The number of hydrogen-bond donors (Lipinski definition) is 2. The maximum absolute atomic E-state index is 11.6. The first-order valence-corrected chi connectivity index (χ1v) is 6.47. The molecule has 104 valence electrons. The van der Waals surface area contributed by atoms with E-state index in [4.69, 9.17) is 0 Å². The van der Waals surface area contributed by atoms with E-state index in [1.165, 1.54) is 0 Å². The van der Waals surface area contributed by atoms with Crippen molar-refractivity contribution in [1.29, 1.82) is 0 Å². The summed E-state index contributed by atoms with van der Waals surface area (Å²) in [6, 6.07) is 1.47. The number of carbonyl (C=O) groups excluding carboxylic acids is 2. The molecule has 1 saturated heterocycles. The van der Waals surface area contributed by atoms with Gasteiger partial charge in [-0.1, -0.05) is 0 Å². The fourth-order valence-electron chi connectivity index (χ4n) is 2.07. The Balaban J connectivity index is 1.62. The number of nitrogens with zero attached hydrogens (tertiary/aromatic N) is 3. The van der Waals surface area contributed by atoms with Crippen molar-refractivity contribution in [2.45, 2.75) is 19.3 Å². The van der Waals surface area contributed by atoms with Crippen LogP contribution in [0.2, 0.25) is 0 Å². The summed E-state index contributed by atoms with van der Waals surface area (Å²) in [7, 11) is 1.76. The molecule has 2 heterocycles. The van der Waals surface area contributed by atoms with Gasteiger partial charge < -0.3 is 10.2 Å². The molecule has 0 unspecified atom stereocenters. The second kappa shape index (κ2) is 6.21. The van der Waals surface area contributed by atoms with Crippen LogP contribution in [0.15, 0.2) is 12.3 Å². The van der Waals surface area contributed by atoms with Crippen molar-refractivity contribution in [3.63, 3.8) is 0 Å². The molecule has 3 amide bonds. The van der Waals surface area contributed by atoms with Crippen LogP contribution in [0.1, 0.15) is 19.3 Å². The molecule has 7 heteroatoms. The van der Waals surface area contributed by atoms with Gasteiger partial charge in [0.25, 0.3) is 0 Å². The van der Waals surface area contributed by atoms with Gasteiger partial charge in [-0.3, -0.25) is 14.8 Å². The summed E-state index contributed by atoms with van der Waals surface area (Å²) in [4.78, 5) is 24.8. The fraction of sp³-hybridized carbons (Fsp3) is 0.583. The zero-order chi connectivity index (χ0) is 13.7. The average molecular weight is 265 g/mol. The van der Waals surface area contributed by atoms with Gasteiger partial charge in [0.1, 0.15) is 5.82 Å². The number of rotatable bonds is 5. The van der Waals surface area contributed by atoms with Gasteiger partial charge >= 0.3 is 6.03 Å². The summed E-state index contributed by atoms with van der Waals surface area (Å²) >= 11 is 0. The van der Waals surface area contributed by atoms with E-state index >= 15 is 0 Å². The number of aromatic nitrogens is 2. The van der Waals surface area contributed by atoms with Gasteiger partial charge in [0.05, 0.1) is 6.20 Å². The molecule has 1 aliphatic rings. The molecular weight excluding hydrogens is 246 g/mol. The third-order valence-corrected chi connectivity index (χ3v) is 3.12. The predicted octanol–water partition coefficient (Wildman–Crippen LogP) is 0.554. The Morgan fingerprint density at radius 1 is 1.53 bits per heavy atom. The minimum atomic E-state index is -0.253. The maximum atomic E-state index is 11.6. The molecule has 0 atom stereocenters. The summed E-state index contributed by atoms with van der Waals surface area (Å²) in [5.41, 5.74) is 0. The van der Waals surface area contributed by atoms with E-state index in [0.717, 1.165) is 19.4 Å². The van der Waals surface area contributed by atoms with Gasteiger partial charge in [-0.2, -0.15) is 5.10 Å². The first kappa shape index (κ1) is 13.4. The number of likely N-dealkylation sites (tertiary alicyclic amines) is 1. The second-order valence-corrected chi connectivity index (χ2v) is 4.56. The van der Waals surface area contributed by atoms with E-state index in [1.807, 2.05) is 4.90 Å². The zero-order valence-electron chi connectivity index (χ0n) is 11.1. The molecule has 0 spiro atoms. The Morgan fingerprint density at radius 2 is 2.37 bits per heavy atom. The van der Waals surface area contributed by atoms with Crippen LogP contribution in [-0.4, -0.2) is 46.3 Å². The molecule has 2 N–H and O–H groups in total. The van der Waals surface area contributed by atoms with Crippen LogP contribution in [0.5, 0.6) is 0 Å². The van der Waals surface area contributed by atoms with Crippen molar-refractivity contribution in [3.8, 4) is 0 Å². The largest absolute Gasteiger partial charge is 0.343 e. The van der Waals surface area contributed by atoms with E-state index < -0.39 is 0 Å². The smallest absolute Gasteiger partial charge is 0.320 e. The molecule has 1 aromatic heterocycles. The highest BCUT2D eigenvalue weighted by Crippen LogP contribution is 2.09. The molecule has 2 rings (SSSR count). The first-order valence-electron chi connectivity index (χ1n) is 6.47. The normalized spacial score (nSPS) is 14.8. The molecule has 1 aliphatic heterocycles. The van der Waals surface area contributed by atoms with E-state index in [-0.39, 0.29) is 11.9 Å². The number of carbonyl (C=O) groups is 2. The Bertz CT molecular complexity index is 457. The van der Waals surface area contributed by atoms with E-state index in [1.54, 1.807) is 24.0 Å². The summed E-state index contributed by atoms with van der Waals surface area (Å²) in [6.45, 7) is 2.11. The summed E-state index contributed by atoms with van der Waals surface area (Å²) in [5.74, 6) is 0.867. The van der Waals surface area contributed by atoms with Crippen molar-refractivity contribution in [3.05, 3.63) is 12.3 Å². The van der Waals surface area contributed by atoms with E-state index in [2.05, 4.69) is 15.7 Å². The van der Waals surface area contributed by atoms with Crippen molar-refractivity contribution in [1.82, 2.24) is 20.0 Å². The molecule has 0 aliphatic carbocycles. The van der Waals surface area contributed by atoms with Crippen LogP contribution in [0.3, 0.4) is 0 Å². The van der Waals surface area contributed by atoms with Crippen molar-refractivity contribution in [2.24, 2.45) is 7.05 Å². The molecule has 0 bridgehead atoms. The molecular formula is C12H19N5O2. The van der Waals surface area contributed by atoms with Crippen LogP contribution in [0, 0.1) is 0 Å². The SMILES string of the molecule is Cn1nccc1NC(=O)NCCCN1CCCC1=O. The zero-order valence-corrected chi connectivity index (χ0v) is 11.1. The fourth-order valence-corrected chi connectivity index (χ4v) is 2.07. The van der Waals surface area contributed by atoms with Crippen LogP contribution < -0.4 is 10.6 Å². The van der Waals surface area contributed by atoms with Gasteiger partial charge in [-0.15, -0.1) is 0 Å². The minimum Gasteiger partial charge on any atom is -0.343 e. The van der Waals surface area contributed by atoms with E-state index in [0.29, 0.717) is 25.3 Å². The van der Waals surface area contributed by atoms with Gasteiger partial charge in [-0.25, -0.2) is 4.79 Å². The molecule has 1 aromatic rings. The van der Waals surface area contributed by atoms with Crippen molar-refractivity contribution in [2.75, 3.05) is 25.0 Å². The van der Waals surface area contributed by atoms with Crippen LogP contribution in [-0.2, 0) is 11.8 Å². The summed E-state index contributed by atoms with van der Waals surface area (Å²) < 4.78 is 1.59. The number of hydrogen-bond acceptors (Lipinski definition) is 3. The lowest BCUT2D eigenvalue weighted by Crippen LogP contribution is -2.33. The van der Waals surface area contributed by atoms with Gasteiger partial charge in [0.15, 0.2) is 0 Å². The molecule has 19 heavy (non-hydrogen) atoms. The monoisotopic (exact) mass is 265 g/mol. The molecule has 1 fully saturated rings. The first-order chi connectivity index (χ1) is 9.16. The standard InChI is InChI=1S/C12H19N5O2/c1-16-10(5-7-14-16)15-12(19)13-6-3-9-17-8-2-4-11(17)18/h5,7H,2-4,6,8-9H2,1H3,(H2,13,15,19). The highest BCUT2D eigenvalue weighted by atomic mass is 16.2. The van der Waals surface area contributed by atoms with Crippen molar-refractivity contribution < 1.29 is 9.59 Å². The number of aryl methyl sites for hydroxylation is 1. The molecule has 0 aromatic carbocycles. The minimum absolute atomic E-state index is 0.222. The summed E-state index contributed by atoms with van der Waals surface area (Å²) in [5, 5.41) is 9.41. The Hall–Kier alpha value is -2.05. The molecule has 0 radical (unpaired) electrons. The number of nitrogens with one attached hydrogen (secondary N) is 2. The van der Waals surface area contributed by atoms with Gasteiger partial charge in [0, 0.05) is 39.2 Å². The highest BCUT2D eigenvalue weighted by Gasteiger charge is 2.18. The molecule has 0 saturated carbocycles. The Morgan fingerprint density at radius 3 is 3.00 bits per heavy atom.